The van der Waals surface area contributed by atoms with Gasteiger partial charge in [0, 0.05) is 17.3 Å². The second-order valence-corrected chi connectivity index (χ2v) is 8.71. The summed E-state index contributed by atoms with van der Waals surface area (Å²) in [6.07, 6.45) is 2.78. The van der Waals surface area contributed by atoms with E-state index in [4.69, 9.17) is 5.73 Å². The molecule has 4 rings (SSSR count). The number of carboxylic acids is 1. The van der Waals surface area contributed by atoms with Gasteiger partial charge in [0.05, 0.1) is 11.1 Å². The number of aromatic nitrogens is 2. The van der Waals surface area contributed by atoms with Gasteiger partial charge in [-0.1, -0.05) is 0 Å². The topological polar surface area (TPSA) is 113 Å². The highest BCUT2D eigenvalue weighted by Gasteiger charge is 2.37. The summed E-state index contributed by atoms with van der Waals surface area (Å²) in [6.45, 7) is 5.69. The number of carboxylic acid groups (broad SMARTS) is 1. The maximum absolute atomic E-state index is 15.1. The van der Waals surface area contributed by atoms with Gasteiger partial charge in [-0.15, -0.1) is 0 Å². The summed E-state index contributed by atoms with van der Waals surface area (Å²) in [6, 6.07) is 0.0566. The third-order valence-corrected chi connectivity index (χ3v) is 6.23. The van der Waals surface area contributed by atoms with Crippen LogP contribution in [-0.4, -0.2) is 51.7 Å². The predicted octanol–water partition coefficient (Wildman–Crippen LogP) is 2.00. The largest absolute Gasteiger partial charge is 0.477 e. The van der Waals surface area contributed by atoms with Gasteiger partial charge in [0.15, 0.2) is 11.6 Å². The molecule has 2 aromatic heterocycles. The molecule has 0 atom stereocenters. The Balaban J connectivity index is 1.95. The number of piperidine rings is 1. The highest BCUT2D eigenvalue weighted by Crippen LogP contribution is 2.38. The summed E-state index contributed by atoms with van der Waals surface area (Å²) in [7, 11) is 2.04. The molecule has 1 saturated heterocycles. The van der Waals surface area contributed by atoms with E-state index < -0.39 is 22.8 Å². The van der Waals surface area contributed by atoms with Crippen LogP contribution in [0.4, 0.5) is 15.9 Å². The van der Waals surface area contributed by atoms with E-state index in [1.54, 1.807) is 4.57 Å². The first-order valence-electron chi connectivity index (χ1n) is 9.87. The first-order valence-corrected chi connectivity index (χ1v) is 9.87. The average molecular weight is 403 g/mol. The second-order valence-electron chi connectivity index (χ2n) is 8.71. The fraction of sp³-hybridized carbons (Fsp3) is 0.550. The highest BCUT2D eigenvalue weighted by atomic mass is 19.1. The van der Waals surface area contributed by atoms with Crippen LogP contribution in [0.25, 0.3) is 11.0 Å². The summed E-state index contributed by atoms with van der Waals surface area (Å²) >= 11 is 0. The third kappa shape index (κ3) is 3.04. The highest BCUT2D eigenvalue weighted by molar-refractivity contribution is 5.98. The smallest absolute Gasteiger partial charge is 0.341 e. The Morgan fingerprint density at radius 2 is 2.00 bits per heavy atom. The lowest BCUT2D eigenvalue weighted by atomic mass is 10.0. The van der Waals surface area contributed by atoms with Gasteiger partial charge in [-0.3, -0.25) is 4.79 Å². The minimum Gasteiger partial charge on any atom is -0.477 e. The summed E-state index contributed by atoms with van der Waals surface area (Å²) in [4.78, 5) is 31.4. The molecule has 0 unspecified atom stereocenters. The first kappa shape index (κ1) is 19.6. The number of nitrogens with two attached hydrogens (primary N) is 1. The van der Waals surface area contributed by atoms with Crippen molar-refractivity contribution in [3.05, 3.63) is 27.3 Å². The van der Waals surface area contributed by atoms with Crippen molar-refractivity contribution in [3.63, 3.8) is 0 Å². The number of nitrogen functional groups attached to an aromatic ring is 1. The van der Waals surface area contributed by atoms with Crippen LogP contribution in [0.2, 0.25) is 0 Å². The first-order chi connectivity index (χ1) is 13.6. The molecule has 4 N–H and O–H groups in total. The Labute approximate surface area is 167 Å². The number of aromatic carboxylic acids is 1. The van der Waals surface area contributed by atoms with Crippen LogP contribution in [0.3, 0.4) is 0 Å². The number of pyridine rings is 2. The molecule has 0 saturated carbocycles. The molecule has 4 heterocycles. The number of nitrogens with one attached hydrogen (secondary N) is 1. The van der Waals surface area contributed by atoms with Crippen LogP contribution in [-0.2, 0) is 12.0 Å². The number of fused-ring (bicyclic) bond motifs is 3. The minimum atomic E-state index is -1.33. The van der Waals surface area contributed by atoms with Gasteiger partial charge < -0.3 is 25.6 Å². The van der Waals surface area contributed by atoms with Crippen molar-refractivity contribution >= 4 is 28.5 Å². The number of nitrogens with zero attached hydrogens (tertiary/aromatic N) is 3. The van der Waals surface area contributed by atoms with Crippen LogP contribution >= 0.6 is 0 Å². The van der Waals surface area contributed by atoms with E-state index in [1.807, 2.05) is 20.9 Å². The van der Waals surface area contributed by atoms with Crippen molar-refractivity contribution in [1.82, 2.24) is 14.5 Å². The standard InChI is InChI=1S/C20H26FN5O3/c1-20(2)7-4-11-12(19(28)29)16(27)13-15(22)14(21)17(24-18(13)26(11)20)23-10-5-8-25(3)9-6-10/h10H,4-9H2,1-3H3,(H,28,29)(H3,22,23,24). The number of hydrogen-bond donors (Lipinski definition) is 3. The molecule has 156 valence electrons. The molecular weight excluding hydrogens is 377 g/mol. The summed E-state index contributed by atoms with van der Waals surface area (Å²) in [5, 5.41) is 12.6. The molecule has 0 aliphatic carbocycles. The van der Waals surface area contributed by atoms with Crippen molar-refractivity contribution in [2.45, 2.75) is 51.1 Å². The molecule has 0 radical (unpaired) electrons. The lowest BCUT2D eigenvalue weighted by molar-refractivity contribution is 0.0693. The van der Waals surface area contributed by atoms with Crippen LogP contribution in [0.5, 0.6) is 0 Å². The molecule has 0 aromatic carbocycles. The lowest BCUT2D eigenvalue weighted by Crippen LogP contribution is -2.37. The Morgan fingerprint density at radius 3 is 2.62 bits per heavy atom. The van der Waals surface area contributed by atoms with Gasteiger partial charge in [0.25, 0.3) is 0 Å². The van der Waals surface area contributed by atoms with E-state index in [0.717, 1.165) is 25.9 Å². The molecule has 2 aliphatic rings. The summed E-state index contributed by atoms with van der Waals surface area (Å²) in [5.74, 6) is -2.11. The SMILES string of the molecule is CN1CCC(Nc2nc3c(c(N)c2F)c(=O)c(C(=O)O)c2n3C(C)(C)CC2)CC1. The van der Waals surface area contributed by atoms with Crippen LogP contribution in [0.1, 0.15) is 49.2 Å². The van der Waals surface area contributed by atoms with Gasteiger partial charge in [-0.05, 0) is 59.7 Å². The Hall–Kier alpha value is -2.68. The maximum atomic E-state index is 15.1. The third-order valence-electron chi connectivity index (χ3n) is 6.23. The summed E-state index contributed by atoms with van der Waals surface area (Å²) in [5.41, 5.74) is 4.76. The zero-order valence-corrected chi connectivity index (χ0v) is 16.9. The van der Waals surface area contributed by atoms with Crippen molar-refractivity contribution in [2.24, 2.45) is 0 Å². The molecular formula is C20H26FN5O3. The number of anilines is 2. The quantitative estimate of drug-likeness (QED) is 0.718. The monoisotopic (exact) mass is 403 g/mol. The van der Waals surface area contributed by atoms with E-state index in [0.29, 0.717) is 18.5 Å². The zero-order valence-electron chi connectivity index (χ0n) is 16.9. The Bertz CT molecular complexity index is 1070. The van der Waals surface area contributed by atoms with Gasteiger partial charge in [-0.2, -0.15) is 0 Å². The average Bonchev–Trinajstić information content (AvgIpc) is 2.96. The number of hydrogen-bond acceptors (Lipinski definition) is 6. The van der Waals surface area contributed by atoms with Crippen molar-refractivity contribution in [2.75, 3.05) is 31.2 Å². The minimum absolute atomic E-state index is 0.0180. The molecule has 0 spiro atoms. The van der Waals surface area contributed by atoms with Crippen LogP contribution in [0.15, 0.2) is 4.79 Å². The van der Waals surface area contributed by atoms with E-state index in [-0.39, 0.29) is 34.1 Å². The van der Waals surface area contributed by atoms with E-state index in [9.17, 15) is 14.7 Å². The zero-order chi connectivity index (χ0) is 21.1. The fourth-order valence-electron chi connectivity index (χ4n) is 4.54. The number of likely N-dealkylation sites (tertiary alicyclic amines) is 1. The van der Waals surface area contributed by atoms with Crippen LogP contribution < -0.4 is 16.5 Å². The van der Waals surface area contributed by atoms with Gasteiger partial charge in [-0.25, -0.2) is 14.2 Å². The molecule has 2 aliphatic heterocycles. The molecule has 29 heavy (non-hydrogen) atoms. The van der Waals surface area contributed by atoms with Gasteiger partial charge >= 0.3 is 5.97 Å². The molecule has 9 heteroatoms. The lowest BCUT2D eigenvalue weighted by Gasteiger charge is -2.30. The van der Waals surface area contributed by atoms with E-state index >= 15 is 4.39 Å². The fourth-order valence-corrected chi connectivity index (χ4v) is 4.54. The van der Waals surface area contributed by atoms with E-state index in [1.165, 1.54) is 0 Å². The molecule has 8 nitrogen and oxygen atoms in total. The van der Waals surface area contributed by atoms with Gasteiger partial charge in [0.2, 0.25) is 5.43 Å². The Morgan fingerprint density at radius 1 is 1.34 bits per heavy atom. The van der Waals surface area contributed by atoms with Crippen molar-refractivity contribution in [3.8, 4) is 0 Å². The van der Waals surface area contributed by atoms with E-state index in [2.05, 4.69) is 15.2 Å². The second kappa shape index (κ2) is 6.69. The predicted molar refractivity (Wildman–Crippen MR) is 109 cm³/mol. The summed E-state index contributed by atoms with van der Waals surface area (Å²) < 4.78 is 16.8. The number of carbonyl (C=O) groups is 1. The number of rotatable bonds is 3. The maximum Gasteiger partial charge on any atom is 0.341 e. The van der Waals surface area contributed by atoms with Gasteiger partial charge in [0.1, 0.15) is 11.2 Å². The normalized spacial score (nSPS) is 19.4. The molecule has 0 bridgehead atoms. The van der Waals surface area contributed by atoms with Crippen LogP contribution in [0, 0.1) is 5.82 Å². The molecule has 2 aromatic rings. The molecule has 0 amide bonds. The molecule has 1 fully saturated rings. The van der Waals surface area contributed by atoms with Crippen molar-refractivity contribution in [1.29, 1.82) is 0 Å². The number of halogens is 1. The van der Waals surface area contributed by atoms with Crippen molar-refractivity contribution < 1.29 is 14.3 Å². The Kier molecular flexibility index (Phi) is 4.53.